The Hall–Kier alpha value is -4.38. The number of benzene rings is 4. The van der Waals surface area contributed by atoms with Gasteiger partial charge in [0.15, 0.2) is 0 Å². The lowest BCUT2D eigenvalue weighted by Gasteiger charge is -2.05. The molecule has 0 radical (unpaired) electrons. The highest BCUT2D eigenvalue weighted by atomic mass is 16.5. The van der Waals surface area contributed by atoms with Gasteiger partial charge in [-0.1, -0.05) is 66.7 Å². The zero-order valence-corrected chi connectivity index (χ0v) is 18.4. The molecule has 0 unspecified atom stereocenters. The van der Waals surface area contributed by atoms with Crippen molar-refractivity contribution in [3.8, 4) is 22.7 Å². The van der Waals surface area contributed by atoms with E-state index in [1.807, 2.05) is 91.9 Å². The lowest BCUT2D eigenvalue weighted by atomic mass is 10.0. The second-order valence-electron chi connectivity index (χ2n) is 7.76. The lowest BCUT2D eigenvalue weighted by Crippen LogP contribution is -2.19. The van der Waals surface area contributed by atoms with Crippen LogP contribution in [0.15, 0.2) is 107 Å². The molecule has 1 heterocycles. The van der Waals surface area contributed by atoms with Gasteiger partial charge in [-0.3, -0.25) is 14.9 Å². The molecule has 0 fully saturated rings. The van der Waals surface area contributed by atoms with Crippen molar-refractivity contribution in [2.45, 2.75) is 6.92 Å². The predicted octanol–water partition coefficient (Wildman–Crippen LogP) is 6.14. The van der Waals surface area contributed by atoms with E-state index in [-0.39, 0.29) is 5.56 Å². The van der Waals surface area contributed by atoms with Gasteiger partial charge in [-0.2, -0.15) is 0 Å². The van der Waals surface area contributed by atoms with Crippen LogP contribution in [-0.4, -0.2) is 22.6 Å². The summed E-state index contributed by atoms with van der Waals surface area (Å²) >= 11 is 0. The molecule has 162 valence electrons. The number of fused-ring (bicyclic) bond motifs is 1. The second-order valence-corrected chi connectivity index (χ2v) is 7.76. The first-order valence-corrected chi connectivity index (χ1v) is 10.7. The molecule has 4 aromatic carbocycles. The number of rotatable bonds is 5. The van der Waals surface area contributed by atoms with Crippen molar-refractivity contribution in [3.05, 3.63) is 113 Å². The number of aromatic nitrogens is 2. The monoisotopic (exact) mass is 433 g/mol. The van der Waals surface area contributed by atoms with Crippen LogP contribution in [0.2, 0.25) is 0 Å². The first kappa shape index (κ1) is 20.5. The summed E-state index contributed by atoms with van der Waals surface area (Å²) in [7, 11) is 1.62. The summed E-state index contributed by atoms with van der Waals surface area (Å²) in [5.41, 5.74) is 4.26. The van der Waals surface area contributed by atoms with Gasteiger partial charge in [0, 0.05) is 10.9 Å². The summed E-state index contributed by atoms with van der Waals surface area (Å²) in [5, 5.41) is 5.46. The summed E-state index contributed by atoms with van der Waals surface area (Å²) in [5.74, 6) is 0.732. The van der Waals surface area contributed by atoms with Crippen LogP contribution >= 0.6 is 0 Å². The highest BCUT2D eigenvalue weighted by molar-refractivity contribution is 6.06. The van der Waals surface area contributed by atoms with Gasteiger partial charge in [0.05, 0.1) is 35.5 Å². The van der Waals surface area contributed by atoms with Crippen LogP contribution in [0.1, 0.15) is 12.5 Å². The first-order chi connectivity index (χ1) is 16.2. The molecule has 0 saturated carbocycles. The Morgan fingerprint density at radius 2 is 1.55 bits per heavy atom. The van der Waals surface area contributed by atoms with E-state index in [1.165, 1.54) is 0 Å². The molecular formula is C28H23N3O2. The maximum atomic E-state index is 13.6. The number of ether oxygens (including phenoxy) is 1. The van der Waals surface area contributed by atoms with Crippen LogP contribution in [0.4, 0.5) is 5.69 Å². The SMILES string of the molecule is COc1ccc(-n2[nH]c(-c3ccccc3)c(C(C)=Nc3cccc4ccccc34)c2=O)cc1. The van der Waals surface area contributed by atoms with Gasteiger partial charge in [0.2, 0.25) is 0 Å². The Bertz CT molecular complexity index is 1510. The van der Waals surface area contributed by atoms with Crippen LogP contribution in [0.25, 0.3) is 27.7 Å². The topological polar surface area (TPSA) is 59.4 Å². The van der Waals surface area contributed by atoms with Crippen molar-refractivity contribution >= 4 is 22.2 Å². The molecule has 5 nitrogen and oxygen atoms in total. The van der Waals surface area contributed by atoms with Crippen LogP contribution in [-0.2, 0) is 0 Å². The highest BCUT2D eigenvalue weighted by Crippen LogP contribution is 2.28. The number of hydrogen-bond donors (Lipinski definition) is 1. The quantitative estimate of drug-likeness (QED) is 0.339. The molecule has 0 spiro atoms. The number of aromatic amines is 1. The smallest absolute Gasteiger partial charge is 0.280 e. The number of aliphatic imine (C=N–C) groups is 1. The minimum Gasteiger partial charge on any atom is -0.497 e. The average Bonchev–Trinajstić information content (AvgIpc) is 3.22. The van der Waals surface area contributed by atoms with E-state index in [1.54, 1.807) is 11.8 Å². The van der Waals surface area contributed by atoms with E-state index >= 15 is 0 Å². The molecule has 1 N–H and O–H groups in total. The van der Waals surface area contributed by atoms with Crippen LogP contribution < -0.4 is 10.3 Å². The molecule has 0 saturated heterocycles. The molecule has 5 heteroatoms. The van der Waals surface area contributed by atoms with E-state index in [0.717, 1.165) is 39.2 Å². The first-order valence-electron chi connectivity index (χ1n) is 10.7. The molecule has 33 heavy (non-hydrogen) atoms. The van der Waals surface area contributed by atoms with Gasteiger partial charge in [-0.15, -0.1) is 0 Å². The molecule has 1 aromatic heterocycles. The lowest BCUT2D eigenvalue weighted by molar-refractivity contribution is 0.414. The molecular weight excluding hydrogens is 410 g/mol. The Balaban J connectivity index is 1.70. The molecule has 0 aliphatic heterocycles. The van der Waals surface area contributed by atoms with Gasteiger partial charge in [-0.25, -0.2) is 4.68 Å². The molecule has 0 amide bonds. The number of H-pyrrole nitrogens is 1. The summed E-state index contributed by atoms with van der Waals surface area (Å²) in [6, 6.07) is 31.4. The molecule has 0 aliphatic carbocycles. The van der Waals surface area contributed by atoms with Crippen molar-refractivity contribution < 1.29 is 4.74 Å². The van der Waals surface area contributed by atoms with E-state index < -0.39 is 0 Å². The zero-order chi connectivity index (χ0) is 22.8. The van der Waals surface area contributed by atoms with E-state index in [9.17, 15) is 4.79 Å². The van der Waals surface area contributed by atoms with Gasteiger partial charge >= 0.3 is 0 Å². The Morgan fingerprint density at radius 1 is 0.848 bits per heavy atom. The maximum absolute atomic E-state index is 13.6. The standard InChI is InChI=1S/C28H23N3O2/c1-19(29-25-14-8-12-20-9-6-7-13-24(20)25)26-27(21-10-4-3-5-11-21)30-31(28(26)32)22-15-17-23(33-2)18-16-22/h3-18,30H,1-2H3. The number of nitrogens with zero attached hydrogens (tertiary/aromatic N) is 2. The second kappa shape index (κ2) is 8.63. The Kier molecular flexibility index (Phi) is 5.37. The summed E-state index contributed by atoms with van der Waals surface area (Å²) in [6.45, 7) is 1.89. The fraction of sp³-hybridized carbons (Fsp3) is 0.0714. The van der Waals surface area contributed by atoms with Crippen molar-refractivity contribution in [2.75, 3.05) is 7.11 Å². The Labute approximate surface area is 191 Å². The zero-order valence-electron chi connectivity index (χ0n) is 18.4. The largest absolute Gasteiger partial charge is 0.497 e. The van der Waals surface area contributed by atoms with Gasteiger partial charge in [0.1, 0.15) is 5.75 Å². The Morgan fingerprint density at radius 3 is 2.30 bits per heavy atom. The summed E-state index contributed by atoms with van der Waals surface area (Å²) < 4.78 is 6.81. The van der Waals surface area contributed by atoms with Crippen LogP contribution in [0.5, 0.6) is 5.75 Å². The summed E-state index contributed by atoms with van der Waals surface area (Å²) in [6.07, 6.45) is 0. The number of hydrogen-bond acceptors (Lipinski definition) is 3. The van der Waals surface area contributed by atoms with Crippen LogP contribution in [0.3, 0.4) is 0 Å². The van der Waals surface area contributed by atoms with Crippen molar-refractivity contribution in [2.24, 2.45) is 4.99 Å². The van der Waals surface area contributed by atoms with Crippen LogP contribution in [0, 0.1) is 0 Å². The fourth-order valence-electron chi connectivity index (χ4n) is 4.04. The molecule has 5 rings (SSSR count). The van der Waals surface area contributed by atoms with E-state index in [2.05, 4.69) is 17.2 Å². The minimum atomic E-state index is -0.152. The average molecular weight is 434 g/mol. The highest BCUT2D eigenvalue weighted by Gasteiger charge is 2.19. The minimum absolute atomic E-state index is 0.152. The van der Waals surface area contributed by atoms with E-state index in [0.29, 0.717) is 11.3 Å². The normalized spacial score (nSPS) is 11.6. The molecule has 5 aromatic rings. The van der Waals surface area contributed by atoms with Gasteiger partial charge < -0.3 is 4.74 Å². The summed E-state index contributed by atoms with van der Waals surface area (Å²) in [4.78, 5) is 18.5. The molecule has 0 aliphatic rings. The fourth-order valence-corrected chi connectivity index (χ4v) is 4.04. The maximum Gasteiger partial charge on any atom is 0.280 e. The third kappa shape index (κ3) is 3.85. The third-order valence-electron chi connectivity index (χ3n) is 5.70. The number of nitrogens with one attached hydrogen (secondary N) is 1. The third-order valence-corrected chi connectivity index (χ3v) is 5.70. The molecule has 0 atom stereocenters. The van der Waals surface area contributed by atoms with Gasteiger partial charge in [0.25, 0.3) is 5.56 Å². The van der Waals surface area contributed by atoms with Crippen molar-refractivity contribution in [3.63, 3.8) is 0 Å². The molecule has 0 bridgehead atoms. The van der Waals surface area contributed by atoms with Crippen molar-refractivity contribution in [1.82, 2.24) is 9.78 Å². The predicted molar refractivity (Wildman–Crippen MR) is 134 cm³/mol. The van der Waals surface area contributed by atoms with Crippen molar-refractivity contribution in [1.29, 1.82) is 0 Å². The van der Waals surface area contributed by atoms with Gasteiger partial charge in [-0.05, 0) is 42.6 Å². The van der Waals surface area contributed by atoms with E-state index in [4.69, 9.17) is 9.73 Å². The number of methoxy groups -OCH3 is 1.